The van der Waals surface area contributed by atoms with E-state index in [2.05, 4.69) is 20.1 Å². The van der Waals surface area contributed by atoms with Crippen LogP contribution >= 0.6 is 11.3 Å². The van der Waals surface area contributed by atoms with E-state index in [1.807, 2.05) is 42.5 Å². The maximum Gasteiger partial charge on any atom is 0.305 e. The van der Waals surface area contributed by atoms with Gasteiger partial charge in [-0.15, -0.1) is 0 Å². The highest BCUT2D eigenvalue weighted by atomic mass is 32.1. The van der Waals surface area contributed by atoms with Crippen molar-refractivity contribution in [2.45, 2.75) is 12.8 Å². The van der Waals surface area contributed by atoms with Crippen LogP contribution in [0.15, 0.2) is 54.9 Å². The minimum absolute atomic E-state index is 0.0940. The zero-order valence-corrected chi connectivity index (χ0v) is 18.4. The van der Waals surface area contributed by atoms with Crippen molar-refractivity contribution >= 4 is 34.0 Å². The molecule has 1 aliphatic heterocycles. The monoisotopic (exact) mass is 451 g/mol. The predicted molar refractivity (Wildman–Crippen MR) is 125 cm³/mol. The molecule has 1 amide bonds. The van der Waals surface area contributed by atoms with Gasteiger partial charge in [-0.1, -0.05) is 41.7 Å². The number of hydrogen-bond donors (Lipinski definition) is 2. The third kappa shape index (κ3) is 5.42. The van der Waals surface area contributed by atoms with Gasteiger partial charge in [0.25, 0.3) is 5.91 Å². The Morgan fingerprint density at radius 3 is 2.38 bits per heavy atom. The van der Waals surface area contributed by atoms with Gasteiger partial charge in [-0.25, -0.2) is 4.98 Å². The van der Waals surface area contributed by atoms with Gasteiger partial charge >= 0.3 is 5.97 Å². The summed E-state index contributed by atoms with van der Waals surface area (Å²) in [4.78, 5) is 37.6. The van der Waals surface area contributed by atoms with E-state index in [0.29, 0.717) is 11.3 Å². The molecule has 0 aliphatic carbocycles. The largest absolute Gasteiger partial charge is 0.481 e. The van der Waals surface area contributed by atoms with E-state index in [9.17, 15) is 9.59 Å². The van der Waals surface area contributed by atoms with Crippen LogP contribution in [-0.2, 0) is 11.2 Å². The van der Waals surface area contributed by atoms with Crippen molar-refractivity contribution in [1.29, 1.82) is 0 Å². The first kappa shape index (κ1) is 21.8. The number of carboxylic acids is 1. The number of amides is 1. The summed E-state index contributed by atoms with van der Waals surface area (Å²) in [6.07, 6.45) is 4.04. The fourth-order valence-corrected chi connectivity index (χ4v) is 4.69. The predicted octanol–water partition coefficient (Wildman–Crippen LogP) is 2.66. The fourth-order valence-electron chi connectivity index (χ4n) is 3.63. The summed E-state index contributed by atoms with van der Waals surface area (Å²) < 4.78 is 0. The van der Waals surface area contributed by atoms with Crippen molar-refractivity contribution < 1.29 is 14.7 Å². The standard InChI is InChI=1S/C23H25N5O3S/c29-20(30)8-11-25-22(31)21-19(16-17-4-2-1-3-5-17)26-23(32-21)28-14-12-27(13-15-28)18-6-9-24-10-7-18/h1-7,9-10H,8,11-16H2,(H,25,31)(H,29,30). The first-order chi connectivity index (χ1) is 15.6. The molecular weight excluding hydrogens is 426 g/mol. The van der Waals surface area contributed by atoms with Gasteiger partial charge in [0, 0.05) is 57.2 Å². The molecule has 166 valence electrons. The Kier molecular flexibility index (Phi) is 6.96. The van der Waals surface area contributed by atoms with Gasteiger partial charge in [0.1, 0.15) is 4.88 Å². The van der Waals surface area contributed by atoms with Crippen molar-refractivity contribution in [1.82, 2.24) is 15.3 Å². The third-order valence-corrected chi connectivity index (χ3v) is 6.47. The van der Waals surface area contributed by atoms with Gasteiger partial charge in [-0.2, -0.15) is 0 Å². The van der Waals surface area contributed by atoms with Crippen molar-refractivity contribution in [2.75, 3.05) is 42.5 Å². The number of carbonyl (C=O) groups excluding carboxylic acids is 1. The van der Waals surface area contributed by atoms with Crippen LogP contribution in [0, 0.1) is 0 Å². The number of hydrogen-bond acceptors (Lipinski definition) is 7. The second kappa shape index (κ2) is 10.2. The Bertz CT molecular complexity index is 1050. The van der Waals surface area contributed by atoms with Gasteiger partial charge in [0.05, 0.1) is 12.1 Å². The van der Waals surface area contributed by atoms with Crippen molar-refractivity contribution in [3.8, 4) is 0 Å². The number of anilines is 2. The SMILES string of the molecule is O=C(O)CCNC(=O)c1sc(N2CCN(c3ccncc3)CC2)nc1Cc1ccccc1. The van der Waals surface area contributed by atoms with Crippen LogP contribution in [0.2, 0.25) is 0 Å². The molecule has 32 heavy (non-hydrogen) atoms. The summed E-state index contributed by atoms with van der Waals surface area (Å²) in [5.74, 6) is -1.21. The number of thiazole rings is 1. The minimum Gasteiger partial charge on any atom is -0.481 e. The van der Waals surface area contributed by atoms with Crippen molar-refractivity contribution in [3.63, 3.8) is 0 Å². The highest BCUT2D eigenvalue weighted by Gasteiger charge is 2.24. The molecule has 3 aromatic rings. The van der Waals surface area contributed by atoms with E-state index in [4.69, 9.17) is 10.1 Å². The van der Waals surface area contributed by atoms with Gasteiger partial charge in [-0.05, 0) is 17.7 Å². The van der Waals surface area contributed by atoms with E-state index >= 15 is 0 Å². The number of piperazine rings is 1. The highest BCUT2D eigenvalue weighted by molar-refractivity contribution is 7.17. The number of aliphatic carboxylic acids is 1. The first-order valence-electron chi connectivity index (χ1n) is 10.5. The molecule has 3 heterocycles. The number of nitrogens with one attached hydrogen (secondary N) is 1. The number of pyridine rings is 1. The van der Waals surface area contributed by atoms with Gasteiger partial charge in [-0.3, -0.25) is 14.6 Å². The zero-order chi connectivity index (χ0) is 22.3. The van der Waals surface area contributed by atoms with E-state index in [0.717, 1.165) is 48.3 Å². The summed E-state index contributed by atoms with van der Waals surface area (Å²) >= 11 is 1.38. The zero-order valence-electron chi connectivity index (χ0n) is 17.6. The van der Waals surface area contributed by atoms with Crippen LogP contribution < -0.4 is 15.1 Å². The Labute approximate surface area is 190 Å². The number of benzene rings is 1. The van der Waals surface area contributed by atoms with Crippen LogP contribution in [0.4, 0.5) is 10.8 Å². The third-order valence-electron chi connectivity index (χ3n) is 5.31. The van der Waals surface area contributed by atoms with E-state index in [-0.39, 0.29) is 18.9 Å². The molecule has 0 radical (unpaired) electrons. The topological polar surface area (TPSA) is 98.7 Å². The molecule has 2 N–H and O–H groups in total. The van der Waals surface area contributed by atoms with E-state index in [1.165, 1.54) is 11.3 Å². The molecule has 0 saturated carbocycles. The summed E-state index contributed by atoms with van der Waals surface area (Å²) in [7, 11) is 0. The normalized spacial score (nSPS) is 13.8. The number of aromatic nitrogens is 2. The average Bonchev–Trinajstić information content (AvgIpc) is 3.24. The molecule has 1 aliphatic rings. The molecule has 1 saturated heterocycles. The smallest absolute Gasteiger partial charge is 0.305 e. The summed E-state index contributed by atoms with van der Waals surface area (Å²) in [5, 5.41) is 12.4. The van der Waals surface area contributed by atoms with E-state index in [1.54, 1.807) is 12.4 Å². The fraction of sp³-hybridized carbons (Fsp3) is 0.304. The molecule has 4 rings (SSSR count). The second-order valence-electron chi connectivity index (χ2n) is 7.51. The molecule has 1 aromatic carbocycles. The minimum atomic E-state index is -0.938. The summed E-state index contributed by atoms with van der Waals surface area (Å²) in [6.45, 7) is 3.42. The maximum absolute atomic E-state index is 12.8. The Hall–Kier alpha value is -3.46. The highest BCUT2D eigenvalue weighted by Crippen LogP contribution is 2.29. The molecule has 1 fully saturated rings. The second-order valence-corrected chi connectivity index (χ2v) is 8.49. The molecule has 0 unspecified atom stereocenters. The maximum atomic E-state index is 12.8. The lowest BCUT2D eigenvalue weighted by molar-refractivity contribution is -0.136. The number of carboxylic acid groups (broad SMARTS) is 1. The van der Waals surface area contributed by atoms with Crippen LogP contribution in [0.3, 0.4) is 0 Å². The lowest BCUT2D eigenvalue weighted by atomic mass is 10.1. The number of rotatable bonds is 8. The molecular formula is C23H25N5O3S. The van der Waals surface area contributed by atoms with Crippen molar-refractivity contribution in [2.24, 2.45) is 0 Å². The Morgan fingerprint density at radius 2 is 1.69 bits per heavy atom. The van der Waals surface area contributed by atoms with Gasteiger partial charge in [0.2, 0.25) is 0 Å². The van der Waals surface area contributed by atoms with Crippen molar-refractivity contribution in [3.05, 3.63) is 71.0 Å². The average molecular weight is 452 g/mol. The van der Waals surface area contributed by atoms with Crippen LogP contribution in [0.1, 0.15) is 27.3 Å². The van der Waals surface area contributed by atoms with Crippen LogP contribution in [0.25, 0.3) is 0 Å². The molecule has 0 spiro atoms. The Balaban J connectivity index is 1.49. The Morgan fingerprint density at radius 1 is 1.00 bits per heavy atom. The number of nitrogens with zero attached hydrogens (tertiary/aromatic N) is 4. The first-order valence-corrected chi connectivity index (χ1v) is 11.4. The summed E-state index contributed by atoms with van der Waals surface area (Å²) in [6, 6.07) is 13.9. The number of carbonyl (C=O) groups is 2. The molecule has 2 aromatic heterocycles. The lowest BCUT2D eigenvalue weighted by Gasteiger charge is -2.35. The van der Waals surface area contributed by atoms with Crippen LogP contribution in [0.5, 0.6) is 0 Å². The van der Waals surface area contributed by atoms with E-state index < -0.39 is 5.97 Å². The van der Waals surface area contributed by atoms with Gasteiger partial charge in [0.15, 0.2) is 5.13 Å². The van der Waals surface area contributed by atoms with Crippen LogP contribution in [-0.4, -0.2) is 59.7 Å². The molecule has 8 nitrogen and oxygen atoms in total. The molecule has 0 bridgehead atoms. The lowest BCUT2D eigenvalue weighted by Crippen LogP contribution is -2.46. The quantitative estimate of drug-likeness (QED) is 0.543. The summed E-state index contributed by atoms with van der Waals surface area (Å²) in [5.41, 5.74) is 2.95. The van der Waals surface area contributed by atoms with Gasteiger partial charge < -0.3 is 20.2 Å². The molecule has 9 heteroatoms. The molecule has 0 atom stereocenters.